The quantitative estimate of drug-likeness (QED) is 0.699. The Hall–Kier alpha value is -2.82. The number of carbonyl (C=O) groups is 2. The Morgan fingerprint density at radius 1 is 1.00 bits per heavy atom. The second kappa shape index (κ2) is 10.3. The first-order valence-corrected chi connectivity index (χ1v) is 10.8. The molecule has 0 atom stereocenters. The average Bonchev–Trinajstić information content (AvgIpc) is 2.74. The van der Waals surface area contributed by atoms with Gasteiger partial charge in [0.15, 0.2) is 0 Å². The van der Waals surface area contributed by atoms with Crippen molar-refractivity contribution in [1.82, 2.24) is 10.2 Å². The van der Waals surface area contributed by atoms with Gasteiger partial charge in [-0.3, -0.25) is 9.59 Å². The highest BCUT2D eigenvalue weighted by atomic mass is 16.5. The molecule has 5 nitrogen and oxygen atoms in total. The Balaban J connectivity index is 1.36. The second-order valence-electron chi connectivity index (χ2n) is 8.19. The number of nitrogens with one attached hydrogen (secondary N) is 1. The lowest BCUT2D eigenvalue weighted by Gasteiger charge is -2.32. The number of carbonyl (C=O) groups excluding carboxylic acids is 2. The van der Waals surface area contributed by atoms with Crippen molar-refractivity contribution in [2.75, 3.05) is 19.7 Å². The summed E-state index contributed by atoms with van der Waals surface area (Å²) in [5, 5.41) is 3.12. The van der Waals surface area contributed by atoms with Gasteiger partial charge in [-0.15, -0.1) is 0 Å². The molecule has 5 heteroatoms. The zero-order chi connectivity index (χ0) is 21.5. The van der Waals surface area contributed by atoms with E-state index >= 15 is 0 Å². The van der Waals surface area contributed by atoms with E-state index in [2.05, 4.69) is 5.32 Å². The lowest BCUT2D eigenvalue weighted by atomic mass is 10.0. The number of piperidine rings is 1. The largest absolute Gasteiger partial charge is 0.494 e. The Labute approximate surface area is 179 Å². The van der Waals surface area contributed by atoms with Gasteiger partial charge in [-0.25, -0.2) is 0 Å². The molecule has 0 aromatic heterocycles. The van der Waals surface area contributed by atoms with Crippen LogP contribution in [-0.4, -0.2) is 42.5 Å². The summed E-state index contributed by atoms with van der Waals surface area (Å²) in [5.41, 5.74) is 4.20. The van der Waals surface area contributed by atoms with Crippen molar-refractivity contribution >= 4 is 11.8 Å². The number of aryl methyl sites for hydroxylation is 3. The number of likely N-dealkylation sites (tertiary alicyclic amines) is 1. The third kappa shape index (κ3) is 6.09. The monoisotopic (exact) mass is 408 g/mol. The Kier molecular flexibility index (Phi) is 7.50. The van der Waals surface area contributed by atoms with Crippen molar-refractivity contribution in [1.29, 1.82) is 0 Å². The van der Waals surface area contributed by atoms with E-state index in [-0.39, 0.29) is 17.9 Å². The number of hydrogen-bond donors (Lipinski definition) is 1. The van der Waals surface area contributed by atoms with Crippen molar-refractivity contribution in [2.45, 2.75) is 52.5 Å². The summed E-state index contributed by atoms with van der Waals surface area (Å²) in [4.78, 5) is 26.9. The normalized spacial score (nSPS) is 14.4. The van der Waals surface area contributed by atoms with Crippen LogP contribution in [0, 0.1) is 20.8 Å². The molecule has 0 aliphatic carbocycles. The number of amides is 2. The maximum Gasteiger partial charge on any atom is 0.251 e. The minimum Gasteiger partial charge on any atom is -0.494 e. The third-order valence-electron chi connectivity index (χ3n) is 5.78. The van der Waals surface area contributed by atoms with E-state index in [0.29, 0.717) is 38.1 Å². The van der Waals surface area contributed by atoms with Crippen LogP contribution < -0.4 is 10.1 Å². The highest BCUT2D eigenvalue weighted by Gasteiger charge is 2.24. The molecule has 1 saturated heterocycles. The molecular weight excluding hydrogens is 376 g/mol. The van der Waals surface area contributed by atoms with Gasteiger partial charge < -0.3 is 15.0 Å². The van der Waals surface area contributed by atoms with Gasteiger partial charge in [0.25, 0.3) is 5.91 Å². The molecule has 2 aromatic carbocycles. The number of hydrogen-bond acceptors (Lipinski definition) is 3. The molecule has 0 spiro atoms. The first kappa shape index (κ1) is 21.9. The van der Waals surface area contributed by atoms with Gasteiger partial charge in [-0.2, -0.15) is 0 Å². The fourth-order valence-corrected chi connectivity index (χ4v) is 3.63. The minimum atomic E-state index is -0.0314. The summed E-state index contributed by atoms with van der Waals surface area (Å²) in [7, 11) is 0. The first-order chi connectivity index (χ1) is 14.4. The SMILES string of the molecule is Cc1ccc(OCCCC(=O)N2CCC(NC(=O)c3ccc(C)c(C)c3)CC2)cc1. The maximum atomic E-state index is 12.5. The van der Waals surface area contributed by atoms with E-state index in [1.807, 2.05) is 68.1 Å². The van der Waals surface area contributed by atoms with Gasteiger partial charge in [-0.05, 0) is 75.4 Å². The van der Waals surface area contributed by atoms with Gasteiger partial charge in [0.1, 0.15) is 5.75 Å². The van der Waals surface area contributed by atoms with E-state index in [4.69, 9.17) is 4.74 Å². The average molecular weight is 409 g/mol. The van der Waals surface area contributed by atoms with Gasteiger partial charge in [0, 0.05) is 31.1 Å². The van der Waals surface area contributed by atoms with Crippen molar-refractivity contribution in [3.8, 4) is 5.75 Å². The summed E-state index contributed by atoms with van der Waals surface area (Å²) in [6.45, 7) is 8.02. The van der Waals surface area contributed by atoms with Crippen LogP contribution in [0.25, 0.3) is 0 Å². The molecule has 30 heavy (non-hydrogen) atoms. The number of benzene rings is 2. The van der Waals surface area contributed by atoms with E-state index < -0.39 is 0 Å². The fourth-order valence-electron chi connectivity index (χ4n) is 3.63. The molecule has 1 aliphatic heterocycles. The highest BCUT2D eigenvalue weighted by Crippen LogP contribution is 2.15. The third-order valence-corrected chi connectivity index (χ3v) is 5.78. The first-order valence-electron chi connectivity index (χ1n) is 10.8. The molecule has 2 aromatic rings. The van der Waals surface area contributed by atoms with Gasteiger partial charge >= 0.3 is 0 Å². The molecule has 2 amide bonds. The molecular formula is C25H32N2O3. The molecule has 160 valence electrons. The number of ether oxygens (including phenoxy) is 1. The van der Waals surface area contributed by atoms with Crippen molar-refractivity contribution < 1.29 is 14.3 Å². The Morgan fingerprint density at radius 3 is 2.37 bits per heavy atom. The number of nitrogens with zero attached hydrogens (tertiary/aromatic N) is 1. The molecule has 1 fully saturated rings. The summed E-state index contributed by atoms with van der Waals surface area (Å²) in [6, 6.07) is 13.8. The van der Waals surface area contributed by atoms with Crippen LogP contribution in [0.3, 0.4) is 0 Å². The summed E-state index contributed by atoms with van der Waals surface area (Å²) < 4.78 is 5.70. The predicted octanol–water partition coefficient (Wildman–Crippen LogP) is 4.19. The molecule has 3 rings (SSSR count). The molecule has 0 unspecified atom stereocenters. The molecule has 0 saturated carbocycles. The topological polar surface area (TPSA) is 58.6 Å². The fraction of sp³-hybridized carbons (Fsp3) is 0.440. The van der Waals surface area contributed by atoms with E-state index in [1.54, 1.807) is 0 Å². The van der Waals surface area contributed by atoms with Crippen LogP contribution in [0.5, 0.6) is 5.75 Å². The standard InChI is InChI=1S/C25H32N2O3/c1-18-6-10-23(11-7-18)30-16-4-5-24(28)27-14-12-22(13-15-27)26-25(29)21-9-8-19(2)20(3)17-21/h6-11,17,22H,4-5,12-16H2,1-3H3,(H,26,29). The van der Waals surface area contributed by atoms with Crippen molar-refractivity contribution in [2.24, 2.45) is 0 Å². The summed E-state index contributed by atoms with van der Waals surface area (Å²) in [6.07, 6.45) is 2.78. The maximum absolute atomic E-state index is 12.5. The van der Waals surface area contributed by atoms with Crippen LogP contribution in [0.4, 0.5) is 0 Å². The van der Waals surface area contributed by atoms with Crippen LogP contribution in [-0.2, 0) is 4.79 Å². The predicted molar refractivity (Wildman–Crippen MR) is 119 cm³/mol. The van der Waals surface area contributed by atoms with E-state index in [0.717, 1.165) is 24.2 Å². The molecule has 1 heterocycles. The Morgan fingerprint density at radius 2 is 1.70 bits per heavy atom. The van der Waals surface area contributed by atoms with Crippen LogP contribution in [0.15, 0.2) is 42.5 Å². The van der Waals surface area contributed by atoms with Crippen LogP contribution >= 0.6 is 0 Å². The lowest BCUT2D eigenvalue weighted by Crippen LogP contribution is -2.46. The van der Waals surface area contributed by atoms with Gasteiger partial charge in [-0.1, -0.05) is 23.8 Å². The Bertz CT molecular complexity index is 868. The van der Waals surface area contributed by atoms with E-state index in [1.165, 1.54) is 11.1 Å². The van der Waals surface area contributed by atoms with Gasteiger partial charge in [0.2, 0.25) is 5.91 Å². The summed E-state index contributed by atoms with van der Waals surface area (Å²) in [5.74, 6) is 0.978. The van der Waals surface area contributed by atoms with Gasteiger partial charge in [0.05, 0.1) is 6.61 Å². The molecule has 1 aliphatic rings. The van der Waals surface area contributed by atoms with E-state index in [9.17, 15) is 9.59 Å². The highest BCUT2D eigenvalue weighted by molar-refractivity contribution is 5.94. The van der Waals surface area contributed by atoms with Crippen molar-refractivity contribution in [3.05, 3.63) is 64.7 Å². The smallest absolute Gasteiger partial charge is 0.251 e. The minimum absolute atomic E-state index is 0.0314. The second-order valence-corrected chi connectivity index (χ2v) is 8.19. The molecule has 0 radical (unpaired) electrons. The zero-order valence-corrected chi connectivity index (χ0v) is 18.2. The zero-order valence-electron chi connectivity index (χ0n) is 18.2. The van der Waals surface area contributed by atoms with Crippen LogP contribution in [0.1, 0.15) is 52.7 Å². The lowest BCUT2D eigenvalue weighted by molar-refractivity contribution is -0.132. The summed E-state index contributed by atoms with van der Waals surface area (Å²) >= 11 is 0. The molecule has 0 bridgehead atoms. The molecule has 1 N–H and O–H groups in total. The number of rotatable bonds is 7. The van der Waals surface area contributed by atoms with Crippen molar-refractivity contribution in [3.63, 3.8) is 0 Å². The van der Waals surface area contributed by atoms with Crippen LogP contribution in [0.2, 0.25) is 0 Å².